The first-order valence-corrected chi connectivity index (χ1v) is 7.17. The normalized spacial score (nSPS) is 35.3. The van der Waals surface area contributed by atoms with Gasteiger partial charge in [0.2, 0.25) is 5.91 Å². The molecule has 0 aliphatic carbocycles. The number of carboxylic acids is 1. The van der Waals surface area contributed by atoms with Crippen LogP contribution in [0.25, 0.3) is 0 Å². The van der Waals surface area contributed by atoms with Gasteiger partial charge in [0.25, 0.3) is 0 Å². The van der Waals surface area contributed by atoms with Crippen molar-refractivity contribution in [1.82, 2.24) is 0 Å². The van der Waals surface area contributed by atoms with E-state index < -0.39 is 35.3 Å². The Morgan fingerprint density at radius 1 is 1.50 bits per heavy atom. The number of fused-ring (bicyclic) bond motifs is 1. The number of hydrogen-bond donors (Lipinski definition) is 1. The highest BCUT2D eigenvalue weighted by Crippen LogP contribution is 2.52. The number of carbonyl (C=O) groups is 2. The van der Waals surface area contributed by atoms with Gasteiger partial charge in [-0.15, -0.1) is 0 Å². The molecule has 2 fully saturated rings. The van der Waals surface area contributed by atoms with Crippen LogP contribution in [-0.2, 0) is 14.3 Å². The number of anilines is 1. The summed E-state index contributed by atoms with van der Waals surface area (Å²) in [6, 6.07) is 3.99. The molecule has 1 aromatic carbocycles. The maximum atomic E-state index is 13.3. The van der Waals surface area contributed by atoms with E-state index in [1.807, 2.05) is 0 Å². The fourth-order valence-corrected chi connectivity index (χ4v) is 3.83. The maximum Gasteiger partial charge on any atom is 0.310 e. The molecule has 0 aromatic heterocycles. The molecule has 114 valence electrons. The Hall–Kier alpha value is -1.92. The van der Waals surface area contributed by atoms with Crippen LogP contribution in [-0.4, -0.2) is 35.2 Å². The topological polar surface area (TPSA) is 66.8 Å². The van der Waals surface area contributed by atoms with Crippen LogP contribution in [0.3, 0.4) is 0 Å². The van der Waals surface area contributed by atoms with Crippen LogP contribution in [0.15, 0.2) is 30.4 Å². The van der Waals surface area contributed by atoms with Crippen molar-refractivity contribution < 1.29 is 23.8 Å². The molecule has 5 nitrogen and oxygen atoms in total. The van der Waals surface area contributed by atoms with Crippen molar-refractivity contribution in [1.29, 1.82) is 0 Å². The molecule has 3 heterocycles. The Balaban J connectivity index is 1.74. The van der Waals surface area contributed by atoms with Crippen molar-refractivity contribution in [3.8, 4) is 0 Å². The van der Waals surface area contributed by atoms with E-state index in [-0.39, 0.29) is 17.5 Å². The molecular formula is C15H11ClFNO4. The van der Waals surface area contributed by atoms with Crippen LogP contribution in [0, 0.1) is 17.7 Å². The van der Waals surface area contributed by atoms with Gasteiger partial charge in [0.1, 0.15) is 17.3 Å². The fraction of sp³-hybridized carbons (Fsp3) is 0.333. The first kappa shape index (κ1) is 13.7. The van der Waals surface area contributed by atoms with Gasteiger partial charge < -0.3 is 14.7 Å². The van der Waals surface area contributed by atoms with Gasteiger partial charge in [-0.2, -0.15) is 0 Å². The van der Waals surface area contributed by atoms with Gasteiger partial charge in [0.05, 0.1) is 23.6 Å². The summed E-state index contributed by atoms with van der Waals surface area (Å²) in [6.45, 7) is 0.204. The van der Waals surface area contributed by atoms with Gasteiger partial charge in [-0.05, 0) is 18.2 Å². The quantitative estimate of drug-likeness (QED) is 0.844. The number of hydrogen-bond acceptors (Lipinski definition) is 3. The lowest BCUT2D eigenvalue weighted by molar-refractivity contribution is -0.146. The highest BCUT2D eigenvalue weighted by Gasteiger charge is 2.67. The predicted octanol–water partition coefficient (Wildman–Crippen LogP) is 1.85. The van der Waals surface area contributed by atoms with Crippen molar-refractivity contribution >= 4 is 29.2 Å². The average molecular weight is 324 g/mol. The Morgan fingerprint density at radius 3 is 2.95 bits per heavy atom. The van der Waals surface area contributed by atoms with Crippen LogP contribution < -0.4 is 4.90 Å². The zero-order chi connectivity index (χ0) is 15.6. The minimum absolute atomic E-state index is 0.0876. The van der Waals surface area contributed by atoms with Gasteiger partial charge in [-0.25, -0.2) is 4.39 Å². The van der Waals surface area contributed by atoms with Crippen molar-refractivity contribution in [2.24, 2.45) is 11.8 Å². The molecule has 22 heavy (non-hydrogen) atoms. The third-order valence-electron chi connectivity index (χ3n) is 4.60. The number of halogens is 2. The summed E-state index contributed by atoms with van der Waals surface area (Å²) < 4.78 is 19.1. The molecule has 3 aliphatic heterocycles. The Bertz CT molecular complexity index is 736. The highest BCUT2D eigenvalue weighted by molar-refractivity contribution is 6.31. The van der Waals surface area contributed by atoms with Crippen molar-refractivity contribution in [2.75, 3.05) is 11.4 Å². The first-order valence-electron chi connectivity index (χ1n) is 6.79. The second kappa shape index (κ2) is 4.30. The van der Waals surface area contributed by atoms with Crippen molar-refractivity contribution in [3.63, 3.8) is 0 Å². The number of amides is 1. The second-order valence-corrected chi connectivity index (χ2v) is 6.17. The minimum Gasteiger partial charge on any atom is -0.481 e. The average Bonchev–Trinajstić information content (AvgIpc) is 3.10. The van der Waals surface area contributed by atoms with E-state index in [1.165, 1.54) is 23.1 Å². The predicted molar refractivity (Wildman–Crippen MR) is 75.1 cm³/mol. The number of carbonyl (C=O) groups excluding carboxylic acids is 1. The molecule has 0 saturated carbocycles. The summed E-state index contributed by atoms with van der Waals surface area (Å²) in [5.41, 5.74) is -0.476. The molecule has 4 atom stereocenters. The molecule has 0 unspecified atom stereocenters. The van der Waals surface area contributed by atoms with E-state index in [4.69, 9.17) is 16.3 Å². The molecule has 1 spiro atoms. The van der Waals surface area contributed by atoms with Gasteiger partial charge >= 0.3 is 5.97 Å². The molecule has 1 N–H and O–H groups in total. The van der Waals surface area contributed by atoms with E-state index in [2.05, 4.69) is 0 Å². The zero-order valence-corrected chi connectivity index (χ0v) is 12.0. The van der Waals surface area contributed by atoms with E-state index in [1.54, 1.807) is 12.2 Å². The summed E-state index contributed by atoms with van der Waals surface area (Å²) in [5.74, 6) is -3.60. The van der Waals surface area contributed by atoms with Crippen LogP contribution in [0.4, 0.5) is 10.1 Å². The summed E-state index contributed by atoms with van der Waals surface area (Å²) in [6.07, 6.45) is 2.90. The van der Waals surface area contributed by atoms with E-state index >= 15 is 0 Å². The Labute approximate surface area is 129 Å². The Kier molecular flexibility index (Phi) is 2.68. The van der Waals surface area contributed by atoms with E-state index in [0.717, 1.165) is 0 Å². The Morgan fingerprint density at radius 2 is 2.27 bits per heavy atom. The lowest BCUT2D eigenvalue weighted by atomic mass is 9.77. The number of aliphatic carboxylic acids is 1. The lowest BCUT2D eigenvalue weighted by Gasteiger charge is -2.21. The summed E-state index contributed by atoms with van der Waals surface area (Å²) in [5, 5.41) is 9.29. The monoisotopic (exact) mass is 323 g/mol. The molecule has 1 aromatic rings. The van der Waals surface area contributed by atoms with E-state index in [0.29, 0.717) is 5.69 Å². The number of ether oxygens (including phenoxy) is 1. The third kappa shape index (κ3) is 1.62. The first-order chi connectivity index (χ1) is 10.4. The third-order valence-corrected chi connectivity index (χ3v) is 4.89. The van der Waals surface area contributed by atoms with Crippen LogP contribution in [0.1, 0.15) is 0 Å². The summed E-state index contributed by atoms with van der Waals surface area (Å²) >= 11 is 5.76. The van der Waals surface area contributed by atoms with E-state index in [9.17, 15) is 19.1 Å². The second-order valence-electron chi connectivity index (χ2n) is 5.76. The summed E-state index contributed by atoms with van der Waals surface area (Å²) in [4.78, 5) is 25.6. The molecule has 1 amide bonds. The SMILES string of the molecule is O=C(O)[C@@H]1[C@H]2C=C[C@@]3(CN(c4ccc(F)c(Cl)c4)C(=O)[C@@H]13)O2. The molecule has 0 radical (unpaired) electrons. The van der Waals surface area contributed by atoms with Gasteiger partial charge in [0, 0.05) is 5.69 Å². The number of nitrogens with zero attached hydrogens (tertiary/aromatic N) is 1. The lowest BCUT2D eigenvalue weighted by Crippen LogP contribution is -2.39. The molecule has 7 heteroatoms. The molecule has 2 saturated heterocycles. The van der Waals surface area contributed by atoms with Crippen LogP contribution in [0.5, 0.6) is 0 Å². The standard InChI is InChI=1S/C15H11ClFNO4/c16-8-5-7(1-2-9(8)17)18-6-15-4-3-10(22-15)11(14(20)21)12(15)13(18)19/h1-5,10-12H,6H2,(H,20,21)/t10-,11-,12-,15+/m1/s1. The molecule has 4 rings (SSSR count). The highest BCUT2D eigenvalue weighted by atomic mass is 35.5. The van der Waals surface area contributed by atoms with Crippen LogP contribution >= 0.6 is 11.6 Å². The molecule has 3 aliphatic rings. The maximum absolute atomic E-state index is 13.3. The van der Waals surface area contributed by atoms with Crippen LogP contribution in [0.2, 0.25) is 5.02 Å². The van der Waals surface area contributed by atoms with Crippen molar-refractivity contribution in [2.45, 2.75) is 11.7 Å². The largest absolute Gasteiger partial charge is 0.481 e. The fourth-order valence-electron chi connectivity index (χ4n) is 3.65. The smallest absolute Gasteiger partial charge is 0.310 e. The number of rotatable bonds is 2. The summed E-state index contributed by atoms with van der Waals surface area (Å²) in [7, 11) is 0. The zero-order valence-electron chi connectivity index (χ0n) is 11.2. The minimum atomic E-state index is -1.05. The van der Waals surface area contributed by atoms with Gasteiger partial charge in [-0.1, -0.05) is 23.8 Å². The molecular weight excluding hydrogens is 313 g/mol. The number of benzene rings is 1. The van der Waals surface area contributed by atoms with Gasteiger partial charge in [0.15, 0.2) is 0 Å². The van der Waals surface area contributed by atoms with Gasteiger partial charge in [-0.3, -0.25) is 9.59 Å². The molecule has 2 bridgehead atoms. The van der Waals surface area contributed by atoms with Crippen molar-refractivity contribution in [3.05, 3.63) is 41.2 Å². The number of carboxylic acid groups (broad SMARTS) is 1.